The van der Waals surface area contributed by atoms with Crippen molar-refractivity contribution in [3.63, 3.8) is 0 Å². The first-order chi connectivity index (χ1) is 10.5. The molecule has 1 aliphatic rings. The van der Waals surface area contributed by atoms with Crippen LogP contribution in [0.25, 0.3) is 6.08 Å². The Morgan fingerprint density at radius 3 is 2.64 bits per heavy atom. The molecule has 2 amide bonds. The minimum absolute atomic E-state index is 0.358. The monoisotopic (exact) mass is 385 g/mol. The van der Waals surface area contributed by atoms with Crippen LogP contribution in [0.3, 0.4) is 0 Å². The number of benzene rings is 1. The average Bonchev–Trinajstić information content (AvgIpc) is 2.76. The molecular weight excluding hydrogens is 370 g/mol. The maximum absolute atomic E-state index is 11.6. The van der Waals surface area contributed by atoms with Crippen molar-refractivity contribution in [1.82, 2.24) is 5.32 Å². The van der Waals surface area contributed by atoms with E-state index in [0.717, 1.165) is 28.2 Å². The van der Waals surface area contributed by atoms with Crippen molar-refractivity contribution in [2.75, 3.05) is 13.2 Å². The quantitative estimate of drug-likeness (QED) is 0.750. The summed E-state index contributed by atoms with van der Waals surface area (Å²) in [5, 5.41) is 1.87. The van der Waals surface area contributed by atoms with E-state index in [9.17, 15) is 9.59 Å². The lowest BCUT2D eigenvalue weighted by Gasteiger charge is -2.14. The van der Waals surface area contributed by atoms with Gasteiger partial charge in [0.15, 0.2) is 11.5 Å². The first kappa shape index (κ1) is 16.9. The number of carbonyl (C=O) groups excluding carboxylic acids is 2. The Bertz CT molecular complexity index is 630. The van der Waals surface area contributed by atoms with Crippen LogP contribution in [0.15, 0.2) is 21.5 Å². The summed E-state index contributed by atoms with van der Waals surface area (Å²) in [5.74, 6) is 0.868. The Balaban J connectivity index is 2.35. The number of amides is 2. The van der Waals surface area contributed by atoms with Crippen molar-refractivity contribution < 1.29 is 19.1 Å². The topological polar surface area (TPSA) is 64.6 Å². The van der Waals surface area contributed by atoms with E-state index >= 15 is 0 Å². The molecule has 0 saturated carbocycles. The molecule has 0 unspecified atom stereocenters. The summed E-state index contributed by atoms with van der Waals surface area (Å²) >= 11 is 4.35. The molecule has 0 spiro atoms. The van der Waals surface area contributed by atoms with E-state index in [4.69, 9.17) is 9.47 Å². The Labute approximate surface area is 141 Å². The zero-order chi connectivity index (χ0) is 16.1. The highest BCUT2D eigenvalue weighted by Gasteiger charge is 2.25. The Kier molecular flexibility index (Phi) is 5.90. The van der Waals surface area contributed by atoms with E-state index in [1.165, 1.54) is 0 Å². The van der Waals surface area contributed by atoms with E-state index in [0.29, 0.717) is 29.6 Å². The average molecular weight is 386 g/mol. The number of imide groups is 1. The molecule has 1 heterocycles. The first-order valence-electron chi connectivity index (χ1n) is 6.89. The predicted molar refractivity (Wildman–Crippen MR) is 90.2 cm³/mol. The van der Waals surface area contributed by atoms with Crippen LogP contribution in [0.4, 0.5) is 4.79 Å². The fourth-order valence-electron chi connectivity index (χ4n) is 1.85. The number of hydrogen-bond acceptors (Lipinski definition) is 5. The van der Waals surface area contributed by atoms with Gasteiger partial charge in [-0.3, -0.25) is 14.9 Å². The van der Waals surface area contributed by atoms with Gasteiger partial charge in [0.2, 0.25) is 0 Å². The summed E-state index contributed by atoms with van der Waals surface area (Å²) in [6, 6.07) is 3.63. The third-order valence-corrected chi connectivity index (χ3v) is 4.12. The van der Waals surface area contributed by atoms with Crippen molar-refractivity contribution in [3.8, 4) is 11.5 Å². The number of carbonyl (C=O) groups is 2. The highest BCUT2D eigenvalue weighted by Crippen LogP contribution is 2.38. The van der Waals surface area contributed by atoms with Gasteiger partial charge in [-0.05, 0) is 64.8 Å². The zero-order valence-electron chi connectivity index (χ0n) is 12.3. The molecule has 0 aromatic heterocycles. The number of thioether (sulfide) groups is 1. The summed E-state index contributed by atoms with van der Waals surface area (Å²) in [6.45, 7) is 5.01. The highest BCUT2D eigenvalue weighted by molar-refractivity contribution is 9.10. The molecule has 0 bridgehead atoms. The van der Waals surface area contributed by atoms with Crippen molar-refractivity contribution in [2.24, 2.45) is 0 Å². The minimum atomic E-state index is -0.379. The Hall–Kier alpha value is -1.47. The van der Waals surface area contributed by atoms with Crippen LogP contribution in [-0.2, 0) is 4.79 Å². The van der Waals surface area contributed by atoms with Gasteiger partial charge in [-0.15, -0.1) is 0 Å². The van der Waals surface area contributed by atoms with Gasteiger partial charge in [-0.1, -0.05) is 6.92 Å². The Morgan fingerprint density at radius 1 is 1.27 bits per heavy atom. The molecule has 1 aromatic rings. The van der Waals surface area contributed by atoms with Gasteiger partial charge in [-0.25, -0.2) is 0 Å². The van der Waals surface area contributed by atoms with E-state index < -0.39 is 0 Å². The van der Waals surface area contributed by atoms with Crippen LogP contribution in [0.1, 0.15) is 25.8 Å². The molecule has 118 valence electrons. The molecule has 1 aliphatic heterocycles. The molecule has 7 heteroatoms. The molecule has 5 nitrogen and oxygen atoms in total. The van der Waals surface area contributed by atoms with Crippen LogP contribution < -0.4 is 14.8 Å². The van der Waals surface area contributed by atoms with Crippen molar-refractivity contribution >= 4 is 44.9 Å². The molecule has 0 aliphatic carbocycles. The second-order valence-electron chi connectivity index (χ2n) is 4.46. The maximum atomic E-state index is 11.6. The zero-order valence-corrected chi connectivity index (χ0v) is 14.7. The number of ether oxygens (including phenoxy) is 2. The minimum Gasteiger partial charge on any atom is -0.490 e. The molecule has 0 atom stereocenters. The van der Waals surface area contributed by atoms with E-state index in [1.807, 2.05) is 19.9 Å². The van der Waals surface area contributed by atoms with Gasteiger partial charge >= 0.3 is 0 Å². The second-order valence-corrected chi connectivity index (χ2v) is 6.33. The number of halogens is 1. The molecule has 0 radical (unpaired) electrons. The lowest BCUT2D eigenvalue weighted by atomic mass is 10.2. The van der Waals surface area contributed by atoms with Gasteiger partial charge in [-0.2, -0.15) is 0 Å². The van der Waals surface area contributed by atoms with Crippen LogP contribution in [0.5, 0.6) is 11.5 Å². The van der Waals surface area contributed by atoms with Crippen LogP contribution in [0, 0.1) is 0 Å². The SMILES string of the molecule is CCCOc1c(Br)cc(/C=C2\SC(=O)NC2=O)cc1OCC. The van der Waals surface area contributed by atoms with E-state index in [2.05, 4.69) is 21.2 Å². The van der Waals surface area contributed by atoms with Crippen molar-refractivity contribution in [1.29, 1.82) is 0 Å². The molecule has 2 rings (SSSR count). The summed E-state index contributed by atoms with van der Waals surface area (Å²) in [4.78, 5) is 23.2. The van der Waals surface area contributed by atoms with E-state index in [1.54, 1.807) is 12.1 Å². The lowest BCUT2D eigenvalue weighted by Crippen LogP contribution is -2.17. The third-order valence-electron chi connectivity index (χ3n) is 2.72. The second kappa shape index (κ2) is 7.69. The Morgan fingerprint density at radius 2 is 2.05 bits per heavy atom. The van der Waals surface area contributed by atoms with Gasteiger partial charge in [0.25, 0.3) is 11.1 Å². The molecular formula is C15H16BrNO4S. The largest absolute Gasteiger partial charge is 0.490 e. The number of rotatable bonds is 6. The molecule has 22 heavy (non-hydrogen) atoms. The summed E-state index contributed by atoms with van der Waals surface area (Å²) in [6.07, 6.45) is 2.55. The first-order valence-corrected chi connectivity index (χ1v) is 8.50. The van der Waals surface area contributed by atoms with Crippen LogP contribution in [0.2, 0.25) is 0 Å². The number of hydrogen-bond donors (Lipinski definition) is 1. The van der Waals surface area contributed by atoms with Gasteiger partial charge in [0, 0.05) is 0 Å². The maximum Gasteiger partial charge on any atom is 0.290 e. The summed E-state index contributed by atoms with van der Waals surface area (Å²) in [5.41, 5.74) is 0.756. The highest BCUT2D eigenvalue weighted by atomic mass is 79.9. The normalized spacial score (nSPS) is 16.0. The standard InChI is InChI=1S/C15H16BrNO4S/c1-3-5-21-13-10(16)6-9(7-11(13)20-4-2)8-12-14(18)17-15(19)22-12/h6-8H,3-5H2,1-2H3,(H,17,18,19)/b12-8-. The lowest BCUT2D eigenvalue weighted by molar-refractivity contribution is -0.115. The van der Waals surface area contributed by atoms with Crippen molar-refractivity contribution in [2.45, 2.75) is 20.3 Å². The fourth-order valence-corrected chi connectivity index (χ4v) is 3.11. The molecule has 1 saturated heterocycles. The predicted octanol–water partition coefficient (Wildman–Crippen LogP) is 3.96. The molecule has 1 fully saturated rings. The summed E-state index contributed by atoms with van der Waals surface area (Å²) < 4.78 is 12.1. The summed E-state index contributed by atoms with van der Waals surface area (Å²) in [7, 11) is 0. The van der Waals surface area contributed by atoms with Gasteiger partial charge in [0.1, 0.15) is 0 Å². The van der Waals surface area contributed by atoms with Gasteiger partial charge in [0.05, 0.1) is 22.6 Å². The molecule has 1 aromatic carbocycles. The number of nitrogens with one attached hydrogen (secondary N) is 1. The van der Waals surface area contributed by atoms with Crippen molar-refractivity contribution in [3.05, 3.63) is 27.1 Å². The smallest absolute Gasteiger partial charge is 0.290 e. The fraction of sp³-hybridized carbons (Fsp3) is 0.333. The van der Waals surface area contributed by atoms with Gasteiger partial charge < -0.3 is 9.47 Å². The van der Waals surface area contributed by atoms with E-state index in [-0.39, 0.29) is 11.1 Å². The van der Waals surface area contributed by atoms with Crippen LogP contribution >= 0.6 is 27.7 Å². The van der Waals surface area contributed by atoms with Crippen LogP contribution in [-0.4, -0.2) is 24.4 Å². The molecule has 1 N–H and O–H groups in total. The third kappa shape index (κ3) is 4.04.